The minimum Gasteiger partial charge on any atom is -0.369 e. The van der Waals surface area contributed by atoms with Crippen molar-refractivity contribution in [3.63, 3.8) is 0 Å². The Balaban J connectivity index is 2.05. The number of nitrogens with zero attached hydrogens (tertiary/aromatic N) is 2. The van der Waals surface area contributed by atoms with Gasteiger partial charge in [-0.25, -0.2) is 4.98 Å². The van der Waals surface area contributed by atoms with Crippen LogP contribution in [-0.4, -0.2) is 21.8 Å². The predicted molar refractivity (Wildman–Crippen MR) is 56.1 cm³/mol. The average Bonchev–Trinajstić information content (AvgIpc) is 2.59. The summed E-state index contributed by atoms with van der Waals surface area (Å²) >= 11 is 0. The largest absolute Gasteiger partial charge is 0.369 e. The summed E-state index contributed by atoms with van der Waals surface area (Å²) in [5.41, 5.74) is 6.79. The van der Waals surface area contributed by atoms with E-state index in [-0.39, 0.29) is 12.5 Å². The maximum Gasteiger partial charge on any atom is 0.231 e. The zero-order valence-electron chi connectivity index (χ0n) is 8.18. The molecule has 78 valence electrons. The minimum absolute atomic E-state index is 0.174. The van der Waals surface area contributed by atoms with Crippen LogP contribution in [0.1, 0.15) is 5.69 Å². The van der Waals surface area contributed by atoms with Crippen molar-refractivity contribution < 1.29 is 4.79 Å². The van der Waals surface area contributed by atoms with Gasteiger partial charge in [-0.3, -0.25) is 4.79 Å². The maximum atomic E-state index is 10.5. The number of carbonyl (C=O) groups is 1. The molecule has 2 aromatic heterocycles. The van der Waals surface area contributed by atoms with E-state index in [1.807, 2.05) is 35.0 Å². The van der Waals surface area contributed by atoms with Crippen molar-refractivity contribution in [2.45, 2.75) is 6.54 Å². The number of aromatic nitrogens is 2. The van der Waals surface area contributed by atoms with Crippen molar-refractivity contribution in [1.82, 2.24) is 14.7 Å². The summed E-state index contributed by atoms with van der Waals surface area (Å²) in [6.07, 6.45) is 3.85. The highest BCUT2D eigenvalue weighted by molar-refractivity contribution is 5.75. The molecule has 0 aliphatic heterocycles. The van der Waals surface area contributed by atoms with Gasteiger partial charge in [0.1, 0.15) is 5.65 Å². The average molecular weight is 204 g/mol. The number of imidazole rings is 1. The number of nitrogens with one attached hydrogen (secondary N) is 1. The zero-order chi connectivity index (χ0) is 10.7. The summed E-state index contributed by atoms with van der Waals surface area (Å²) in [5, 5.41) is 2.91. The quantitative estimate of drug-likeness (QED) is 0.731. The van der Waals surface area contributed by atoms with Crippen LogP contribution in [0.3, 0.4) is 0 Å². The van der Waals surface area contributed by atoms with Crippen molar-refractivity contribution in [3.8, 4) is 0 Å². The Morgan fingerprint density at radius 1 is 1.53 bits per heavy atom. The van der Waals surface area contributed by atoms with Gasteiger partial charge in [0, 0.05) is 18.9 Å². The lowest BCUT2D eigenvalue weighted by atomic mass is 10.4. The highest BCUT2D eigenvalue weighted by atomic mass is 16.1. The standard InChI is InChI=1S/C10H12N4O/c11-9(15)6-12-5-8-7-14-4-2-1-3-10(14)13-8/h1-4,7,12H,5-6H2,(H2,11,15). The molecule has 0 atom stereocenters. The smallest absolute Gasteiger partial charge is 0.231 e. The molecular weight excluding hydrogens is 192 g/mol. The number of fused-ring (bicyclic) bond motifs is 1. The molecule has 0 aromatic carbocycles. The summed E-state index contributed by atoms with van der Waals surface area (Å²) in [5.74, 6) is -0.362. The molecule has 1 amide bonds. The summed E-state index contributed by atoms with van der Waals surface area (Å²) < 4.78 is 1.93. The fourth-order valence-corrected chi connectivity index (χ4v) is 1.39. The predicted octanol–water partition coefficient (Wildman–Crippen LogP) is -0.0908. The molecule has 0 bridgehead atoms. The normalized spacial score (nSPS) is 10.7. The van der Waals surface area contributed by atoms with Crippen LogP contribution in [0.25, 0.3) is 5.65 Å². The van der Waals surface area contributed by atoms with E-state index >= 15 is 0 Å². The number of amides is 1. The number of pyridine rings is 1. The first-order valence-electron chi connectivity index (χ1n) is 4.67. The molecule has 5 nitrogen and oxygen atoms in total. The van der Waals surface area contributed by atoms with Crippen LogP contribution in [0.15, 0.2) is 30.6 Å². The minimum atomic E-state index is -0.362. The van der Waals surface area contributed by atoms with E-state index in [9.17, 15) is 4.79 Å². The van der Waals surface area contributed by atoms with Crippen LogP contribution in [-0.2, 0) is 11.3 Å². The zero-order valence-corrected chi connectivity index (χ0v) is 8.18. The second kappa shape index (κ2) is 4.10. The van der Waals surface area contributed by atoms with Crippen LogP contribution in [0.5, 0.6) is 0 Å². The van der Waals surface area contributed by atoms with Gasteiger partial charge < -0.3 is 15.5 Å². The highest BCUT2D eigenvalue weighted by Crippen LogP contribution is 2.03. The van der Waals surface area contributed by atoms with E-state index in [2.05, 4.69) is 10.3 Å². The van der Waals surface area contributed by atoms with E-state index < -0.39 is 0 Å². The second-order valence-electron chi connectivity index (χ2n) is 3.27. The summed E-state index contributed by atoms with van der Waals surface area (Å²) in [6.45, 7) is 0.721. The van der Waals surface area contributed by atoms with Crippen LogP contribution >= 0.6 is 0 Å². The molecule has 0 fully saturated rings. The monoisotopic (exact) mass is 204 g/mol. The summed E-state index contributed by atoms with van der Waals surface area (Å²) in [6, 6.07) is 5.80. The molecule has 0 aliphatic carbocycles. The lowest BCUT2D eigenvalue weighted by Gasteiger charge is -1.96. The first kappa shape index (κ1) is 9.67. The Labute approximate surface area is 86.9 Å². The van der Waals surface area contributed by atoms with Crippen molar-refractivity contribution >= 4 is 11.6 Å². The van der Waals surface area contributed by atoms with Crippen LogP contribution in [0, 0.1) is 0 Å². The maximum absolute atomic E-state index is 10.5. The van der Waals surface area contributed by atoms with Crippen molar-refractivity contribution in [2.75, 3.05) is 6.54 Å². The highest BCUT2D eigenvalue weighted by Gasteiger charge is 2.00. The van der Waals surface area contributed by atoms with Gasteiger partial charge in [0.15, 0.2) is 0 Å². The molecule has 5 heteroatoms. The topological polar surface area (TPSA) is 72.4 Å². The van der Waals surface area contributed by atoms with Gasteiger partial charge in [0.05, 0.1) is 12.2 Å². The molecule has 15 heavy (non-hydrogen) atoms. The van der Waals surface area contributed by atoms with E-state index in [0.717, 1.165) is 11.3 Å². The summed E-state index contributed by atoms with van der Waals surface area (Å²) in [7, 11) is 0. The number of carbonyl (C=O) groups excluding carboxylic acids is 1. The van der Waals surface area contributed by atoms with Crippen LogP contribution < -0.4 is 11.1 Å². The number of rotatable bonds is 4. The van der Waals surface area contributed by atoms with Gasteiger partial charge >= 0.3 is 0 Å². The van der Waals surface area contributed by atoms with Gasteiger partial charge in [0.2, 0.25) is 5.91 Å². The van der Waals surface area contributed by atoms with Gasteiger partial charge in [-0.2, -0.15) is 0 Å². The van der Waals surface area contributed by atoms with Crippen molar-refractivity contribution in [3.05, 3.63) is 36.3 Å². The molecule has 2 aromatic rings. The van der Waals surface area contributed by atoms with Crippen molar-refractivity contribution in [2.24, 2.45) is 5.73 Å². The van der Waals surface area contributed by atoms with Gasteiger partial charge in [-0.1, -0.05) is 6.07 Å². The lowest BCUT2D eigenvalue weighted by molar-refractivity contribution is -0.117. The Kier molecular flexibility index (Phi) is 2.64. The molecule has 0 spiro atoms. The van der Waals surface area contributed by atoms with Crippen molar-refractivity contribution in [1.29, 1.82) is 0 Å². The molecule has 2 heterocycles. The Morgan fingerprint density at radius 3 is 3.13 bits per heavy atom. The number of hydrogen-bond acceptors (Lipinski definition) is 3. The van der Waals surface area contributed by atoms with E-state index in [0.29, 0.717) is 6.54 Å². The third-order valence-electron chi connectivity index (χ3n) is 2.02. The third kappa shape index (κ3) is 2.32. The molecule has 0 aliphatic rings. The van der Waals surface area contributed by atoms with Crippen LogP contribution in [0.4, 0.5) is 0 Å². The summed E-state index contributed by atoms with van der Waals surface area (Å²) in [4.78, 5) is 14.9. The molecule has 0 unspecified atom stereocenters. The van der Waals surface area contributed by atoms with E-state index in [4.69, 9.17) is 5.73 Å². The fraction of sp³-hybridized carbons (Fsp3) is 0.200. The third-order valence-corrected chi connectivity index (χ3v) is 2.02. The van der Waals surface area contributed by atoms with Crippen LogP contribution in [0.2, 0.25) is 0 Å². The van der Waals surface area contributed by atoms with Gasteiger partial charge in [-0.05, 0) is 12.1 Å². The first-order valence-corrected chi connectivity index (χ1v) is 4.67. The number of hydrogen-bond donors (Lipinski definition) is 2. The number of nitrogens with two attached hydrogens (primary N) is 1. The van der Waals surface area contributed by atoms with Gasteiger partial charge in [-0.15, -0.1) is 0 Å². The first-order chi connectivity index (χ1) is 7.25. The number of primary amides is 1. The molecule has 3 N–H and O–H groups in total. The van der Waals surface area contributed by atoms with E-state index in [1.165, 1.54) is 0 Å². The SMILES string of the molecule is NC(=O)CNCc1cn2ccccc2n1. The molecule has 0 saturated carbocycles. The van der Waals surface area contributed by atoms with E-state index in [1.54, 1.807) is 0 Å². The lowest BCUT2D eigenvalue weighted by Crippen LogP contribution is -2.28. The molecule has 0 radical (unpaired) electrons. The Morgan fingerprint density at radius 2 is 2.40 bits per heavy atom. The Hall–Kier alpha value is -1.88. The van der Waals surface area contributed by atoms with Gasteiger partial charge in [0.25, 0.3) is 0 Å². The molecule has 0 saturated heterocycles. The second-order valence-corrected chi connectivity index (χ2v) is 3.27. The fourth-order valence-electron chi connectivity index (χ4n) is 1.39. The molecular formula is C10H12N4O. The molecule has 2 rings (SSSR count). The Bertz CT molecular complexity index is 444.